The Bertz CT molecular complexity index is 817. The van der Waals surface area contributed by atoms with Crippen molar-refractivity contribution in [2.24, 2.45) is 0 Å². The lowest BCUT2D eigenvalue weighted by Crippen LogP contribution is -2.46. The van der Waals surface area contributed by atoms with E-state index in [1.54, 1.807) is 10.8 Å². The van der Waals surface area contributed by atoms with Gasteiger partial charge in [-0.25, -0.2) is 4.98 Å². The summed E-state index contributed by atoms with van der Waals surface area (Å²) in [5, 5.41) is 8.24. The second-order valence-electron chi connectivity index (χ2n) is 5.72. The van der Waals surface area contributed by atoms with Gasteiger partial charge in [-0.1, -0.05) is 5.16 Å². The Hall–Kier alpha value is -2.55. The molecule has 9 heteroatoms. The summed E-state index contributed by atoms with van der Waals surface area (Å²) in [5.41, 5.74) is 0.949. The highest BCUT2D eigenvalue weighted by molar-refractivity contribution is 5.47. The van der Waals surface area contributed by atoms with Crippen LogP contribution in [0.15, 0.2) is 16.9 Å². The van der Waals surface area contributed by atoms with E-state index in [0.29, 0.717) is 11.7 Å². The molecule has 1 fully saturated rings. The van der Waals surface area contributed by atoms with Gasteiger partial charge in [-0.05, 0) is 6.92 Å². The topological polar surface area (TPSA) is 88.5 Å². The largest absolute Gasteiger partial charge is 0.354 e. The van der Waals surface area contributed by atoms with Crippen LogP contribution in [0.3, 0.4) is 0 Å². The van der Waals surface area contributed by atoms with E-state index in [1.165, 1.54) is 0 Å². The van der Waals surface area contributed by atoms with Crippen molar-refractivity contribution in [3.05, 3.63) is 29.8 Å². The van der Waals surface area contributed by atoms with Crippen LogP contribution in [-0.2, 0) is 6.54 Å². The lowest BCUT2D eigenvalue weighted by molar-refractivity contribution is 0.239. The zero-order chi connectivity index (χ0) is 15.8. The van der Waals surface area contributed by atoms with Gasteiger partial charge in [0.05, 0.1) is 6.54 Å². The Kier molecular flexibility index (Phi) is 3.41. The molecule has 0 saturated carbocycles. The fourth-order valence-corrected chi connectivity index (χ4v) is 2.88. The van der Waals surface area contributed by atoms with E-state index in [0.717, 1.165) is 50.1 Å². The van der Waals surface area contributed by atoms with Gasteiger partial charge in [0.25, 0.3) is 5.78 Å². The molecule has 3 aromatic rings. The van der Waals surface area contributed by atoms with E-state index in [9.17, 15) is 0 Å². The van der Waals surface area contributed by atoms with E-state index in [4.69, 9.17) is 4.52 Å². The van der Waals surface area contributed by atoms with Crippen molar-refractivity contribution < 1.29 is 4.52 Å². The molecule has 1 aliphatic rings. The number of anilines is 1. The molecule has 120 valence electrons. The van der Waals surface area contributed by atoms with E-state index in [1.807, 2.05) is 13.8 Å². The Balaban J connectivity index is 1.47. The zero-order valence-corrected chi connectivity index (χ0v) is 13.2. The molecule has 0 spiro atoms. The molecule has 1 saturated heterocycles. The predicted octanol–water partition coefficient (Wildman–Crippen LogP) is 0.446. The van der Waals surface area contributed by atoms with Crippen LogP contribution in [0.1, 0.15) is 17.4 Å². The Labute approximate surface area is 132 Å². The summed E-state index contributed by atoms with van der Waals surface area (Å²) in [6.45, 7) is 8.21. The summed E-state index contributed by atoms with van der Waals surface area (Å²) in [5.74, 6) is 3.04. The van der Waals surface area contributed by atoms with Gasteiger partial charge in [0.1, 0.15) is 12.1 Å². The van der Waals surface area contributed by atoms with Crippen LogP contribution in [0.2, 0.25) is 0 Å². The highest BCUT2D eigenvalue weighted by atomic mass is 16.5. The minimum Gasteiger partial charge on any atom is -0.354 e. The van der Waals surface area contributed by atoms with Gasteiger partial charge in [0, 0.05) is 44.9 Å². The number of rotatable bonds is 3. The third-order valence-corrected chi connectivity index (χ3v) is 3.99. The Morgan fingerprint density at radius 3 is 2.70 bits per heavy atom. The molecule has 0 aliphatic carbocycles. The van der Waals surface area contributed by atoms with E-state index >= 15 is 0 Å². The van der Waals surface area contributed by atoms with Crippen LogP contribution < -0.4 is 4.90 Å². The van der Waals surface area contributed by atoms with E-state index in [-0.39, 0.29) is 0 Å². The first kappa shape index (κ1) is 14.1. The monoisotopic (exact) mass is 314 g/mol. The lowest BCUT2D eigenvalue weighted by Gasteiger charge is -2.35. The van der Waals surface area contributed by atoms with Crippen LogP contribution in [0.4, 0.5) is 5.82 Å². The van der Waals surface area contributed by atoms with Crippen LogP contribution >= 0.6 is 0 Å². The first-order chi connectivity index (χ1) is 11.2. The van der Waals surface area contributed by atoms with Crippen molar-refractivity contribution in [2.45, 2.75) is 20.4 Å². The maximum absolute atomic E-state index is 5.03. The number of hydrogen-bond acceptors (Lipinski definition) is 8. The quantitative estimate of drug-likeness (QED) is 0.688. The fraction of sp³-hybridized carbons (Fsp3) is 0.500. The number of piperazine rings is 1. The van der Waals surface area contributed by atoms with E-state index in [2.05, 4.69) is 41.1 Å². The summed E-state index contributed by atoms with van der Waals surface area (Å²) < 4.78 is 6.82. The second kappa shape index (κ2) is 5.58. The van der Waals surface area contributed by atoms with Gasteiger partial charge >= 0.3 is 0 Å². The van der Waals surface area contributed by atoms with Gasteiger partial charge in [-0.3, -0.25) is 4.90 Å². The summed E-state index contributed by atoms with van der Waals surface area (Å²) in [4.78, 5) is 17.5. The minimum atomic E-state index is 0.611. The third kappa shape index (κ3) is 2.74. The van der Waals surface area contributed by atoms with Crippen molar-refractivity contribution in [3.63, 3.8) is 0 Å². The number of aromatic nitrogens is 6. The van der Waals surface area contributed by atoms with Crippen molar-refractivity contribution >= 4 is 11.6 Å². The van der Waals surface area contributed by atoms with E-state index < -0.39 is 0 Å². The molecule has 0 radical (unpaired) electrons. The molecular formula is C14H18N8O. The van der Waals surface area contributed by atoms with Gasteiger partial charge in [-0.2, -0.15) is 19.6 Å². The number of hydrogen-bond donors (Lipinski definition) is 0. The Morgan fingerprint density at radius 1 is 1.13 bits per heavy atom. The Morgan fingerprint density at radius 2 is 1.96 bits per heavy atom. The van der Waals surface area contributed by atoms with Crippen molar-refractivity contribution in [3.8, 4) is 0 Å². The van der Waals surface area contributed by atoms with Gasteiger partial charge in [0.2, 0.25) is 5.89 Å². The number of aryl methyl sites for hydroxylation is 2. The molecule has 0 unspecified atom stereocenters. The normalized spacial score (nSPS) is 16.3. The number of nitrogens with zero attached hydrogens (tertiary/aromatic N) is 8. The molecule has 3 aromatic heterocycles. The first-order valence-corrected chi connectivity index (χ1v) is 7.63. The molecule has 0 N–H and O–H groups in total. The fourth-order valence-electron chi connectivity index (χ4n) is 2.88. The second-order valence-corrected chi connectivity index (χ2v) is 5.72. The molecule has 0 atom stereocenters. The standard InChI is InChI=1S/C14H18N8O/c1-10-7-13(22-14(17-10)15-9-16-22)21-5-3-20(4-6-21)8-12-18-11(2)23-19-12/h7,9H,3-6,8H2,1-2H3. The maximum Gasteiger partial charge on any atom is 0.254 e. The zero-order valence-electron chi connectivity index (χ0n) is 13.2. The van der Waals surface area contributed by atoms with Crippen LogP contribution in [0.5, 0.6) is 0 Å². The molecule has 0 bridgehead atoms. The third-order valence-electron chi connectivity index (χ3n) is 3.99. The predicted molar refractivity (Wildman–Crippen MR) is 82.0 cm³/mol. The van der Waals surface area contributed by atoms with Crippen molar-refractivity contribution in [2.75, 3.05) is 31.1 Å². The summed E-state index contributed by atoms with van der Waals surface area (Å²) in [7, 11) is 0. The lowest BCUT2D eigenvalue weighted by atomic mass is 10.3. The smallest absolute Gasteiger partial charge is 0.254 e. The van der Waals surface area contributed by atoms with Gasteiger partial charge in [-0.15, -0.1) is 0 Å². The molecule has 4 heterocycles. The van der Waals surface area contributed by atoms with Crippen molar-refractivity contribution in [1.82, 2.24) is 34.6 Å². The average Bonchev–Trinajstić information content (AvgIpc) is 3.16. The molecule has 9 nitrogen and oxygen atoms in total. The molecule has 4 rings (SSSR count). The van der Waals surface area contributed by atoms with Crippen molar-refractivity contribution in [1.29, 1.82) is 0 Å². The highest BCUT2D eigenvalue weighted by Gasteiger charge is 2.21. The molecular weight excluding hydrogens is 296 g/mol. The van der Waals surface area contributed by atoms with Crippen LogP contribution in [-0.4, -0.2) is 60.8 Å². The molecule has 0 aromatic carbocycles. The van der Waals surface area contributed by atoms with Gasteiger partial charge < -0.3 is 9.42 Å². The summed E-state index contributed by atoms with van der Waals surface area (Å²) in [6.07, 6.45) is 1.54. The van der Waals surface area contributed by atoms with Gasteiger partial charge in [0.15, 0.2) is 5.82 Å². The molecule has 0 amide bonds. The summed E-state index contributed by atoms with van der Waals surface area (Å²) >= 11 is 0. The van der Waals surface area contributed by atoms with Crippen LogP contribution in [0, 0.1) is 13.8 Å². The highest BCUT2D eigenvalue weighted by Crippen LogP contribution is 2.18. The number of fused-ring (bicyclic) bond motifs is 1. The van der Waals surface area contributed by atoms with Crippen LogP contribution in [0.25, 0.3) is 5.78 Å². The molecule has 1 aliphatic heterocycles. The SMILES string of the molecule is Cc1cc(N2CCN(Cc3noc(C)n3)CC2)n2ncnc2n1. The summed E-state index contributed by atoms with van der Waals surface area (Å²) in [6, 6.07) is 2.06. The minimum absolute atomic E-state index is 0.611. The average molecular weight is 314 g/mol. The first-order valence-electron chi connectivity index (χ1n) is 7.63. The maximum atomic E-state index is 5.03. The molecule has 23 heavy (non-hydrogen) atoms.